The average Bonchev–Trinajstić information content (AvgIpc) is 2.76. The van der Waals surface area contributed by atoms with Crippen LogP contribution in [-0.4, -0.2) is 35.2 Å². The third kappa shape index (κ3) is 4.35. The van der Waals surface area contributed by atoms with Crippen molar-refractivity contribution in [1.29, 1.82) is 0 Å². The summed E-state index contributed by atoms with van der Waals surface area (Å²) in [5.74, 6) is 0. The van der Waals surface area contributed by atoms with Gasteiger partial charge >= 0.3 is 0 Å². The number of aliphatic hydroxyl groups is 1. The molecule has 1 saturated carbocycles. The van der Waals surface area contributed by atoms with Gasteiger partial charge in [0.25, 0.3) is 0 Å². The fourth-order valence-electron chi connectivity index (χ4n) is 2.48. The molecule has 0 aromatic heterocycles. The van der Waals surface area contributed by atoms with Crippen molar-refractivity contribution in [3.63, 3.8) is 0 Å². The zero-order valence-corrected chi connectivity index (χ0v) is 9.99. The van der Waals surface area contributed by atoms with Gasteiger partial charge in [-0.15, -0.1) is 6.58 Å². The molecule has 0 amide bonds. The van der Waals surface area contributed by atoms with E-state index >= 15 is 0 Å². The monoisotopic (exact) mass is 211 g/mol. The molecule has 1 aliphatic rings. The van der Waals surface area contributed by atoms with Crippen molar-refractivity contribution in [3.05, 3.63) is 12.7 Å². The molecule has 1 atom stereocenters. The van der Waals surface area contributed by atoms with Gasteiger partial charge in [0.15, 0.2) is 0 Å². The van der Waals surface area contributed by atoms with Crippen LogP contribution in [0.1, 0.15) is 45.4 Å². The van der Waals surface area contributed by atoms with Gasteiger partial charge in [-0.25, -0.2) is 0 Å². The molecule has 0 aromatic carbocycles. The average molecular weight is 211 g/mol. The predicted molar refractivity (Wildman–Crippen MR) is 64.9 cm³/mol. The third-order valence-electron chi connectivity index (χ3n) is 3.40. The number of hydrogen-bond donors (Lipinski definition) is 1. The Bertz CT molecular complexity index is 175. The van der Waals surface area contributed by atoms with Gasteiger partial charge < -0.3 is 5.11 Å². The molecule has 1 unspecified atom stereocenters. The molecule has 1 aliphatic carbocycles. The molecule has 0 aliphatic heterocycles. The van der Waals surface area contributed by atoms with Crippen molar-refractivity contribution in [2.75, 3.05) is 13.1 Å². The molecular weight excluding hydrogens is 186 g/mol. The van der Waals surface area contributed by atoms with Crippen LogP contribution >= 0.6 is 0 Å². The molecule has 1 fully saturated rings. The first-order chi connectivity index (χ1) is 7.27. The van der Waals surface area contributed by atoms with Gasteiger partial charge in [-0.2, -0.15) is 0 Å². The molecule has 15 heavy (non-hydrogen) atoms. The Labute approximate surface area is 94.0 Å². The lowest BCUT2D eigenvalue weighted by Crippen LogP contribution is -2.39. The van der Waals surface area contributed by atoms with Crippen LogP contribution in [0, 0.1) is 0 Å². The van der Waals surface area contributed by atoms with Crippen LogP contribution in [0.15, 0.2) is 12.7 Å². The van der Waals surface area contributed by atoms with Crippen LogP contribution in [0.2, 0.25) is 0 Å². The summed E-state index contributed by atoms with van der Waals surface area (Å²) in [5, 5.41) is 9.85. The van der Waals surface area contributed by atoms with Crippen LogP contribution in [0.4, 0.5) is 0 Å². The summed E-state index contributed by atoms with van der Waals surface area (Å²) in [6.07, 6.45) is 8.85. The van der Waals surface area contributed by atoms with Gasteiger partial charge in [0.05, 0.1) is 6.10 Å². The van der Waals surface area contributed by atoms with E-state index in [4.69, 9.17) is 0 Å². The molecule has 2 heteroatoms. The van der Waals surface area contributed by atoms with Crippen molar-refractivity contribution < 1.29 is 5.11 Å². The minimum Gasteiger partial charge on any atom is -0.392 e. The number of nitrogens with zero attached hydrogens (tertiary/aromatic N) is 1. The van der Waals surface area contributed by atoms with Crippen LogP contribution in [0.3, 0.4) is 0 Å². The second-order valence-corrected chi connectivity index (χ2v) is 4.55. The van der Waals surface area contributed by atoms with Crippen LogP contribution in [0.25, 0.3) is 0 Å². The standard InChI is InChI=1S/C13H25NO/c1-3-5-10-13(15)11-14(4-2)12-8-6-7-9-12/h3,12-13,15H,1,4-11H2,2H3. The van der Waals surface area contributed by atoms with Crippen molar-refractivity contribution in [3.8, 4) is 0 Å². The molecule has 88 valence electrons. The van der Waals surface area contributed by atoms with Crippen molar-refractivity contribution in [1.82, 2.24) is 4.90 Å². The minimum absolute atomic E-state index is 0.177. The molecule has 1 rings (SSSR count). The summed E-state index contributed by atoms with van der Waals surface area (Å²) < 4.78 is 0. The zero-order valence-electron chi connectivity index (χ0n) is 9.99. The largest absolute Gasteiger partial charge is 0.392 e. The number of allylic oxidation sites excluding steroid dienone is 1. The first kappa shape index (κ1) is 12.7. The Kier molecular flexibility index (Phi) is 5.96. The Morgan fingerprint density at radius 1 is 1.47 bits per heavy atom. The fourth-order valence-corrected chi connectivity index (χ4v) is 2.48. The SMILES string of the molecule is C=CCCC(O)CN(CC)C1CCCC1. The Morgan fingerprint density at radius 2 is 2.13 bits per heavy atom. The summed E-state index contributed by atoms with van der Waals surface area (Å²) in [4.78, 5) is 2.45. The van der Waals surface area contributed by atoms with Gasteiger partial charge in [0.1, 0.15) is 0 Å². The zero-order chi connectivity index (χ0) is 11.1. The molecule has 0 bridgehead atoms. The van der Waals surface area contributed by atoms with Crippen molar-refractivity contribution in [2.45, 2.75) is 57.6 Å². The van der Waals surface area contributed by atoms with E-state index in [-0.39, 0.29) is 6.10 Å². The Morgan fingerprint density at radius 3 is 2.67 bits per heavy atom. The van der Waals surface area contributed by atoms with Crippen LogP contribution in [-0.2, 0) is 0 Å². The highest BCUT2D eigenvalue weighted by molar-refractivity contribution is 4.79. The quantitative estimate of drug-likeness (QED) is 0.654. The molecule has 0 aromatic rings. The predicted octanol–water partition coefficient (Wildman–Crippen LogP) is 2.58. The Balaban J connectivity index is 2.28. The van der Waals surface area contributed by atoms with Gasteiger partial charge in [0.2, 0.25) is 0 Å². The lowest BCUT2D eigenvalue weighted by atomic mass is 10.1. The number of hydrogen-bond acceptors (Lipinski definition) is 2. The van der Waals surface area contributed by atoms with E-state index in [1.165, 1.54) is 25.7 Å². The van der Waals surface area contributed by atoms with E-state index in [0.29, 0.717) is 0 Å². The maximum Gasteiger partial charge on any atom is 0.0670 e. The summed E-state index contributed by atoms with van der Waals surface area (Å²) in [6, 6.07) is 0.730. The third-order valence-corrected chi connectivity index (χ3v) is 3.40. The first-order valence-electron chi connectivity index (χ1n) is 6.31. The molecule has 0 heterocycles. The first-order valence-corrected chi connectivity index (χ1v) is 6.31. The van der Waals surface area contributed by atoms with Gasteiger partial charge in [0, 0.05) is 12.6 Å². The van der Waals surface area contributed by atoms with E-state index in [2.05, 4.69) is 18.4 Å². The highest BCUT2D eigenvalue weighted by Gasteiger charge is 2.22. The minimum atomic E-state index is -0.177. The lowest BCUT2D eigenvalue weighted by molar-refractivity contribution is 0.0862. The topological polar surface area (TPSA) is 23.5 Å². The van der Waals surface area contributed by atoms with Gasteiger partial charge in [-0.3, -0.25) is 4.90 Å². The fraction of sp³-hybridized carbons (Fsp3) is 0.846. The smallest absolute Gasteiger partial charge is 0.0670 e. The molecule has 0 spiro atoms. The van der Waals surface area contributed by atoms with E-state index in [0.717, 1.165) is 32.0 Å². The Hall–Kier alpha value is -0.340. The van der Waals surface area contributed by atoms with E-state index in [1.807, 2.05) is 6.08 Å². The maximum atomic E-state index is 9.85. The molecule has 0 radical (unpaired) electrons. The second-order valence-electron chi connectivity index (χ2n) is 4.55. The molecule has 0 saturated heterocycles. The highest BCUT2D eigenvalue weighted by Crippen LogP contribution is 2.23. The molecule has 1 N–H and O–H groups in total. The van der Waals surface area contributed by atoms with Gasteiger partial charge in [-0.1, -0.05) is 25.8 Å². The summed E-state index contributed by atoms with van der Waals surface area (Å²) in [6.45, 7) is 7.79. The molecule has 2 nitrogen and oxygen atoms in total. The van der Waals surface area contributed by atoms with Crippen LogP contribution in [0.5, 0.6) is 0 Å². The normalized spacial score (nSPS) is 19.7. The molecular formula is C13H25NO. The van der Waals surface area contributed by atoms with Gasteiger partial charge in [-0.05, 0) is 32.2 Å². The van der Waals surface area contributed by atoms with E-state index < -0.39 is 0 Å². The summed E-state index contributed by atoms with van der Waals surface area (Å²) >= 11 is 0. The van der Waals surface area contributed by atoms with Crippen molar-refractivity contribution in [2.24, 2.45) is 0 Å². The number of aliphatic hydroxyl groups excluding tert-OH is 1. The van der Waals surface area contributed by atoms with Crippen LogP contribution < -0.4 is 0 Å². The number of likely N-dealkylation sites (N-methyl/N-ethyl adjacent to an activating group) is 1. The lowest BCUT2D eigenvalue weighted by Gasteiger charge is -2.29. The number of rotatable bonds is 7. The summed E-state index contributed by atoms with van der Waals surface area (Å²) in [7, 11) is 0. The maximum absolute atomic E-state index is 9.85. The van der Waals surface area contributed by atoms with Crippen molar-refractivity contribution >= 4 is 0 Å². The van der Waals surface area contributed by atoms with E-state index in [1.54, 1.807) is 0 Å². The van der Waals surface area contributed by atoms with E-state index in [9.17, 15) is 5.11 Å². The highest BCUT2D eigenvalue weighted by atomic mass is 16.3. The summed E-state index contributed by atoms with van der Waals surface area (Å²) in [5.41, 5.74) is 0. The second kappa shape index (κ2) is 7.02.